The molecule has 0 aliphatic carbocycles. The quantitative estimate of drug-likeness (QED) is 0.552. The van der Waals surface area contributed by atoms with Crippen LogP contribution in [0.4, 0.5) is 0 Å². The second-order valence-electron chi connectivity index (χ2n) is 6.84. The van der Waals surface area contributed by atoms with E-state index in [2.05, 4.69) is 4.98 Å². The third kappa shape index (κ3) is 2.61. The van der Waals surface area contributed by atoms with Crippen molar-refractivity contribution in [2.24, 2.45) is 0 Å². The highest BCUT2D eigenvalue weighted by molar-refractivity contribution is 5.83. The molecule has 134 valence electrons. The lowest BCUT2D eigenvalue weighted by Crippen LogP contribution is -2.41. The van der Waals surface area contributed by atoms with Crippen molar-refractivity contribution < 1.29 is 4.79 Å². The van der Waals surface area contributed by atoms with Crippen molar-refractivity contribution in [1.29, 1.82) is 0 Å². The van der Waals surface area contributed by atoms with Gasteiger partial charge in [0, 0.05) is 30.9 Å². The summed E-state index contributed by atoms with van der Waals surface area (Å²) in [7, 11) is 0. The summed E-state index contributed by atoms with van der Waals surface area (Å²) in [6.45, 7) is 1.17. The smallest absolute Gasteiger partial charge is 0.263 e. The maximum atomic E-state index is 12.9. The molecule has 4 aromatic rings. The Labute approximate surface area is 155 Å². The van der Waals surface area contributed by atoms with Gasteiger partial charge in [0.05, 0.1) is 17.8 Å². The fourth-order valence-corrected chi connectivity index (χ4v) is 3.79. The lowest BCUT2D eigenvalue weighted by atomic mass is 10.1. The largest absolute Gasteiger partial charge is 0.338 e. The Morgan fingerprint density at radius 1 is 1.04 bits per heavy atom. The highest BCUT2D eigenvalue weighted by atomic mass is 16.2. The molecule has 0 fully saturated rings. The molecule has 1 aliphatic rings. The lowest BCUT2D eigenvalue weighted by molar-refractivity contribution is -0.132. The van der Waals surface area contributed by atoms with E-state index in [1.807, 2.05) is 59.3 Å². The second-order valence-corrected chi connectivity index (χ2v) is 6.84. The number of hydrogen-bond acceptors (Lipinski definition) is 3. The maximum absolute atomic E-state index is 12.9. The van der Waals surface area contributed by atoms with Gasteiger partial charge in [-0.15, -0.1) is 0 Å². The molecular formula is C21H18N4O2. The zero-order chi connectivity index (χ0) is 18.4. The number of aromatic nitrogens is 3. The number of benzene rings is 1. The predicted octanol–water partition coefficient (Wildman–Crippen LogP) is 2.23. The van der Waals surface area contributed by atoms with Gasteiger partial charge in [-0.3, -0.25) is 14.0 Å². The van der Waals surface area contributed by atoms with Crippen LogP contribution in [0, 0.1) is 0 Å². The van der Waals surface area contributed by atoms with Gasteiger partial charge in [-0.2, -0.15) is 0 Å². The number of nitrogens with zero attached hydrogens (tertiary/aromatic N) is 4. The van der Waals surface area contributed by atoms with Crippen molar-refractivity contribution in [3.05, 3.63) is 82.5 Å². The molecule has 0 N–H and O–H groups in total. The average molecular weight is 358 g/mol. The molecule has 0 unspecified atom stereocenters. The third-order valence-electron chi connectivity index (χ3n) is 5.22. The van der Waals surface area contributed by atoms with Crippen LogP contribution in [0.25, 0.3) is 16.6 Å². The van der Waals surface area contributed by atoms with Crippen molar-refractivity contribution in [1.82, 2.24) is 18.9 Å². The lowest BCUT2D eigenvalue weighted by Gasteiger charge is -2.28. The minimum Gasteiger partial charge on any atom is -0.338 e. The minimum absolute atomic E-state index is 0.0135. The number of pyridine rings is 1. The van der Waals surface area contributed by atoms with Crippen LogP contribution in [0.1, 0.15) is 11.3 Å². The van der Waals surface area contributed by atoms with Gasteiger partial charge in [-0.25, -0.2) is 4.98 Å². The molecule has 4 heterocycles. The second kappa shape index (κ2) is 6.09. The van der Waals surface area contributed by atoms with Crippen LogP contribution in [-0.4, -0.2) is 31.3 Å². The molecular weight excluding hydrogens is 340 g/mol. The van der Waals surface area contributed by atoms with Gasteiger partial charge in [0.25, 0.3) is 5.56 Å². The van der Waals surface area contributed by atoms with E-state index in [4.69, 9.17) is 0 Å². The zero-order valence-corrected chi connectivity index (χ0v) is 14.7. The van der Waals surface area contributed by atoms with Gasteiger partial charge in [0.2, 0.25) is 5.91 Å². The number of carbonyl (C=O) groups is 1. The van der Waals surface area contributed by atoms with E-state index in [-0.39, 0.29) is 18.0 Å². The molecule has 1 amide bonds. The Kier molecular flexibility index (Phi) is 3.57. The standard InChI is InChI=1S/C21H18N4O2/c26-20(14-23-11-8-15-5-1-2-6-18(15)23)24-12-9-17-16(13-24)21(27)25-10-4-3-7-19(25)22-17/h1-8,10-11H,9,12-14H2. The molecule has 3 aromatic heterocycles. The monoisotopic (exact) mass is 358 g/mol. The molecule has 0 atom stereocenters. The van der Waals surface area contributed by atoms with Crippen LogP contribution in [0.2, 0.25) is 0 Å². The number of amides is 1. The van der Waals surface area contributed by atoms with Gasteiger partial charge < -0.3 is 9.47 Å². The Morgan fingerprint density at radius 3 is 2.81 bits per heavy atom. The fourth-order valence-electron chi connectivity index (χ4n) is 3.79. The van der Waals surface area contributed by atoms with E-state index < -0.39 is 0 Å². The van der Waals surface area contributed by atoms with E-state index in [9.17, 15) is 9.59 Å². The summed E-state index contributed by atoms with van der Waals surface area (Å²) in [5, 5.41) is 1.11. The van der Waals surface area contributed by atoms with Crippen molar-refractivity contribution >= 4 is 22.5 Å². The summed E-state index contributed by atoms with van der Waals surface area (Å²) in [4.78, 5) is 32.0. The molecule has 6 nitrogen and oxygen atoms in total. The first-order chi connectivity index (χ1) is 13.2. The average Bonchev–Trinajstić information content (AvgIpc) is 3.11. The van der Waals surface area contributed by atoms with E-state index in [1.165, 1.54) is 0 Å². The highest BCUT2D eigenvalue weighted by Crippen LogP contribution is 2.18. The Bertz CT molecular complexity index is 1240. The van der Waals surface area contributed by atoms with Crippen LogP contribution in [-0.2, 0) is 24.3 Å². The molecule has 0 saturated heterocycles. The van der Waals surface area contributed by atoms with E-state index in [0.717, 1.165) is 16.6 Å². The number of hydrogen-bond donors (Lipinski definition) is 0. The number of fused-ring (bicyclic) bond motifs is 3. The maximum Gasteiger partial charge on any atom is 0.263 e. The van der Waals surface area contributed by atoms with Crippen LogP contribution >= 0.6 is 0 Å². The first-order valence-corrected chi connectivity index (χ1v) is 9.01. The van der Waals surface area contributed by atoms with Gasteiger partial charge in [0.1, 0.15) is 12.2 Å². The van der Waals surface area contributed by atoms with E-state index in [0.29, 0.717) is 30.7 Å². The number of para-hydroxylation sites is 1. The van der Waals surface area contributed by atoms with Crippen LogP contribution in [0.5, 0.6) is 0 Å². The number of carbonyl (C=O) groups excluding carboxylic acids is 1. The van der Waals surface area contributed by atoms with Crippen molar-refractivity contribution in [2.45, 2.75) is 19.5 Å². The van der Waals surface area contributed by atoms with Crippen LogP contribution in [0.15, 0.2) is 65.7 Å². The Morgan fingerprint density at radius 2 is 1.89 bits per heavy atom. The van der Waals surface area contributed by atoms with Crippen LogP contribution < -0.4 is 5.56 Å². The summed E-state index contributed by atoms with van der Waals surface area (Å²) in [5.41, 5.74) is 3.03. The van der Waals surface area contributed by atoms with Gasteiger partial charge in [0.15, 0.2) is 0 Å². The first kappa shape index (κ1) is 15.8. The summed E-state index contributed by atoms with van der Waals surface area (Å²) < 4.78 is 3.50. The van der Waals surface area contributed by atoms with Gasteiger partial charge in [-0.1, -0.05) is 24.3 Å². The molecule has 0 spiro atoms. The topological polar surface area (TPSA) is 59.6 Å². The summed E-state index contributed by atoms with van der Waals surface area (Å²) in [6.07, 6.45) is 4.26. The molecule has 0 bridgehead atoms. The number of rotatable bonds is 2. The Hall–Kier alpha value is -3.41. The molecule has 27 heavy (non-hydrogen) atoms. The molecule has 6 heteroatoms. The SMILES string of the molecule is O=C(Cn1ccc2ccccc21)N1CCc2nc3ccccn3c(=O)c2C1. The van der Waals surface area contributed by atoms with Crippen LogP contribution in [0.3, 0.4) is 0 Å². The van der Waals surface area contributed by atoms with Gasteiger partial charge in [-0.05, 0) is 29.7 Å². The highest BCUT2D eigenvalue weighted by Gasteiger charge is 2.25. The molecule has 1 aromatic carbocycles. The van der Waals surface area contributed by atoms with Crippen molar-refractivity contribution in [3.63, 3.8) is 0 Å². The third-order valence-corrected chi connectivity index (χ3v) is 5.22. The van der Waals surface area contributed by atoms with Gasteiger partial charge >= 0.3 is 0 Å². The molecule has 0 radical (unpaired) electrons. The Balaban J connectivity index is 1.44. The first-order valence-electron chi connectivity index (χ1n) is 9.01. The molecule has 1 aliphatic heterocycles. The van der Waals surface area contributed by atoms with E-state index >= 15 is 0 Å². The normalized spacial score (nSPS) is 13.9. The summed E-state index contributed by atoms with van der Waals surface area (Å²) in [5.74, 6) is 0.0135. The summed E-state index contributed by atoms with van der Waals surface area (Å²) in [6, 6.07) is 15.5. The minimum atomic E-state index is -0.0838. The summed E-state index contributed by atoms with van der Waals surface area (Å²) >= 11 is 0. The fraction of sp³-hybridized carbons (Fsp3) is 0.190. The zero-order valence-electron chi connectivity index (χ0n) is 14.7. The van der Waals surface area contributed by atoms with E-state index in [1.54, 1.807) is 15.5 Å². The molecule has 0 saturated carbocycles. The molecule has 5 rings (SSSR count). The van der Waals surface area contributed by atoms with Crippen molar-refractivity contribution in [2.75, 3.05) is 6.54 Å². The predicted molar refractivity (Wildman–Crippen MR) is 103 cm³/mol. The van der Waals surface area contributed by atoms with Crippen molar-refractivity contribution in [3.8, 4) is 0 Å².